The number of carbonyl (C=O) groups excluding carboxylic acids is 2. The summed E-state index contributed by atoms with van der Waals surface area (Å²) in [6.07, 6.45) is 13.3. The third-order valence-corrected chi connectivity index (χ3v) is 16.5. The average molecular weight is 1390 g/mol. The number of fused-ring (bicyclic) bond motifs is 2. The van der Waals surface area contributed by atoms with Gasteiger partial charge in [0.25, 0.3) is 0 Å². The predicted octanol–water partition coefficient (Wildman–Crippen LogP) is 6.27. The quantitative estimate of drug-likeness (QED) is 0.0557. The number of carboxylic acids is 1. The molecule has 0 aromatic carbocycles. The van der Waals surface area contributed by atoms with Crippen LogP contribution in [0.4, 0.5) is 0 Å². The standard InChI is InChI=1S/C15H16ClNO3.C13H12ClNO3.C9H10ClNO2.C6H11BrO2.C6H9NO.C6H12O2.C6H12O.CN.K.Na.H2O/c1-2-20-15(18)11-8-13(10-5-7-19-9-10)17-6-3-4-12(16)14(11)17;14-10-2-1-4-15-11(8-3-5-18-7-8)6-9(12(10)15)13(16)17;1-2-13-9(12)6-8-7(10)4-3-5-11-8;1-8-6(7)5-2-3-9-4-5;2*1-7-4-6-2-3-8-5-6;1-2-6-3-4-7-5-6;1-2;;;/h3-4,6,8,10H,2,5,7,9H2,1H3;1-2,4,6,8H,3,5,7H2,(H,16,17);3-5H,2,6H2,1H3;5-6H,2-4H2,1H3;6H,2-5H2;6H,2-5H2,1H3;6H,2-5H2,1H3;;;;1H2/q;;;;;;;-1;2*+1;/p-1. The number of rotatable bonds is 14. The third kappa shape index (κ3) is 28.1. The van der Waals surface area contributed by atoms with Crippen LogP contribution in [-0.4, -0.2) is 167 Å². The summed E-state index contributed by atoms with van der Waals surface area (Å²) in [5.74, 6) is 1.58. The number of nitrogens with zero attached hydrogens (tertiary/aromatic N) is 5. The zero-order valence-corrected chi connectivity index (χ0v) is 60.8. The smallest absolute Gasteiger partial charge is 0.870 e. The molecule has 2 N–H and O–H groups in total. The molecule has 6 saturated heterocycles. The van der Waals surface area contributed by atoms with Gasteiger partial charge in [0.1, 0.15) is 5.01 Å². The van der Waals surface area contributed by atoms with Crippen LogP contribution in [0.2, 0.25) is 15.1 Å². The maximum atomic E-state index is 12.1. The Morgan fingerprint density at radius 2 is 1.18 bits per heavy atom. The second-order valence-electron chi connectivity index (χ2n) is 20.3. The number of ether oxygens (including phenoxy) is 10. The van der Waals surface area contributed by atoms with E-state index in [-0.39, 0.29) is 121 Å². The average Bonchev–Trinajstić information content (AvgIpc) is 1.91. The van der Waals surface area contributed by atoms with Crippen molar-refractivity contribution in [2.75, 3.05) is 120 Å². The van der Waals surface area contributed by atoms with E-state index in [4.69, 9.17) is 101 Å². The molecule has 5 aromatic rings. The van der Waals surface area contributed by atoms with E-state index in [1.165, 1.54) is 19.3 Å². The van der Waals surface area contributed by atoms with E-state index in [1.54, 1.807) is 64.6 Å². The second kappa shape index (κ2) is 48.4. The van der Waals surface area contributed by atoms with Crippen LogP contribution in [0, 0.1) is 42.1 Å². The minimum Gasteiger partial charge on any atom is -0.870 e. The summed E-state index contributed by atoms with van der Waals surface area (Å²) < 4.78 is 55.1. The van der Waals surface area contributed by atoms with Crippen LogP contribution in [0.25, 0.3) is 15.9 Å². The molecule has 476 valence electrons. The van der Waals surface area contributed by atoms with Crippen LogP contribution in [0.5, 0.6) is 0 Å². The maximum absolute atomic E-state index is 12.1. The first kappa shape index (κ1) is 83.7. The summed E-state index contributed by atoms with van der Waals surface area (Å²) in [6, 6.07) is 14.2. The van der Waals surface area contributed by atoms with Gasteiger partial charge in [0, 0.05) is 114 Å². The molecule has 0 saturated carbocycles. The Hall–Kier alpha value is -2.31. The fraction of sp³-hybridized carbons (Fsp3) is 0.581. The first-order valence-corrected chi connectivity index (χ1v) is 30.8. The van der Waals surface area contributed by atoms with Gasteiger partial charge in [-0.3, -0.25) is 9.78 Å². The number of hydrogen-bond acceptors (Lipinski definition) is 16. The summed E-state index contributed by atoms with van der Waals surface area (Å²) >= 11 is 21.6. The molecule has 0 radical (unpaired) electrons. The van der Waals surface area contributed by atoms with E-state index in [1.807, 2.05) is 39.4 Å². The fourth-order valence-electron chi connectivity index (χ4n) is 9.74. The molecule has 7 unspecified atom stereocenters. The van der Waals surface area contributed by atoms with Crippen LogP contribution in [-0.2, 0) is 58.6 Å². The number of esters is 2. The molecule has 5 aromatic heterocycles. The Balaban J connectivity index is 0.000000526. The largest absolute Gasteiger partial charge is 1.00 e. The number of aromatic nitrogens is 3. The minimum absolute atomic E-state index is 0. The van der Waals surface area contributed by atoms with Crippen LogP contribution < -0.4 is 80.9 Å². The Morgan fingerprint density at radius 3 is 1.60 bits per heavy atom. The van der Waals surface area contributed by atoms with Crippen molar-refractivity contribution in [3.05, 3.63) is 128 Å². The molecule has 0 spiro atoms. The topological polar surface area (TPSA) is 244 Å². The molecule has 20 nitrogen and oxygen atoms in total. The number of carboxylic acid groups (broad SMARTS) is 1. The molecule has 0 amide bonds. The van der Waals surface area contributed by atoms with Crippen molar-refractivity contribution in [2.45, 2.75) is 89.0 Å². The van der Waals surface area contributed by atoms with Gasteiger partial charge in [-0.1, -0.05) is 64.1 Å². The van der Waals surface area contributed by atoms with Gasteiger partial charge in [-0.05, 0) is 107 Å². The molecule has 26 heteroatoms. The number of hydrogen-bond donors (Lipinski definition) is 1. The van der Waals surface area contributed by atoms with E-state index in [2.05, 4.69) is 32.7 Å². The van der Waals surface area contributed by atoms with Crippen molar-refractivity contribution in [3.63, 3.8) is 0 Å². The molecule has 11 heterocycles. The summed E-state index contributed by atoms with van der Waals surface area (Å²) in [4.78, 5) is 41.7. The summed E-state index contributed by atoms with van der Waals surface area (Å²) in [7, 11) is 3.44. The number of carbonyl (C=O) groups is 3. The SMILES string of the molecule is CCC1CCOC1.CCOC(=O)Cc1ncccc1Cl.CCOC(=O)c1cc(C2CCOC2)n2cccc(Cl)c12.COC(Br)C1CCOC1.COCC1CCOC1.O=C(O)c1cc(C2CCOC2)n2cccc(Cl)c12.[C-]#N.[C-]#[N+]CC1CCOC1.[K+].[Na+].[OH-]. The third-order valence-electron chi connectivity index (χ3n) is 14.4. The van der Waals surface area contributed by atoms with Gasteiger partial charge in [0.15, 0.2) is 0 Å². The van der Waals surface area contributed by atoms with E-state index in [9.17, 15) is 19.5 Å². The molecule has 6 aliphatic rings. The van der Waals surface area contributed by atoms with Crippen LogP contribution in [0.1, 0.15) is 115 Å². The Labute approximate surface area is 606 Å². The summed E-state index contributed by atoms with van der Waals surface area (Å²) in [6.45, 7) is 29.3. The number of halogens is 4. The molecule has 0 aliphatic carbocycles. The summed E-state index contributed by atoms with van der Waals surface area (Å²) in [5.41, 5.74) is 4.64. The number of aromatic carboxylic acids is 1. The van der Waals surface area contributed by atoms with Crippen molar-refractivity contribution in [3.8, 4) is 0 Å². The van der Waals surface area contributed by atoms with Crippen LogP contribution in [0.3, 0.4) is 0 Å². The Bertz CT molecular complexity index is 2810. The van der Waals surface area contributed by atoms with Gasteiger partial charge in [-0.25, -0.2) is 16.2 Å². The molecular weight excluding hydrogens is 1300 g/mol. The monoisotopic (exact) mass is 1380 g/mol. The molecule has 6 aliphatic heterocycles. The maximum Gasteiger partial charge on any atom is 1.00 e. The number of methoxy groups -OCH3 is 2. The summed E-state index contributed by atoms with van der Waals surface area (Å²) in [5, 5.41) is 17.2. The molecule has 0 bridgehead atoms. The molecule has 7 atom stereocenters. The zero-order valence-electron chi connectivity index (χ0n) is 51.8. The first-order chi connectivity index (χ1) is 41.3. The van der Waals surface area contributed by atoms with Gasteiger partial charge in [-0.2, -0.15) is 0 Å². The van der Waals surface area contributed by atoms with Crippen LogP contribution >= 0.6 is 50.7 Å². The molecule has 88 heavy (non-hydrogen) atoms. The van der Waals surface area contributed by atoms with Crippen molar-refractivity contribution >= 4 is 79.7 Å². The molecule has 6 fully saturated rings. The number of pyridine rings is 3. The van der Waals surface area contributed by atoms with Gasteiger partial charge in [0.05, 0.1) is 108 Å². The van der Waals surface area contributed by atoms with Crippen molar-refractivity contribution in [1.29, 1.82) is 5.26 Å². The van der Waals surface area contributed by atoms with Gasteiger partial charge >= 0.3 is 98.8 Å². The van der Waals surface area contributed by atoms with Crippen molar-refractivity contribution in [2.24, 2.45) is 23.7 Å². The number of alkyl halides is 1. The van der Waals surface area contributed by atoms with Gasteiger partial charge in [-0.15, -0.1) is 0 Å². The van der Waals surface area contributed by atoms with Crippen molar-refractivity contribution in [1.82, 2.24) is 13.8 Å². The van der Waals surface area contributed by atoms with E-state index >= 15 is 0 Å². The first-order valence-electron chi connectivity index (χ1n) is 28.7. The molecule has 11 rings (SSSR count). The fourth-order valence-corrected chi connectivity index (χ4v) is 10.9. The minimum atomic E-state index is -0.953. The van der Waals surface area contributed by atoms with E-state index < -0.39 is 5.97 Å². The van der Waals surface area contributed by atoms with E-state index in [0.29, 0.717) is 88.5 Å². The zero-order chi connectivity index (χ0) is 61.9. The van der Waals surface area contributed by atoms with Crippen molar-refractivity contribution < 1.29 is 153 Å². The van der Waals surface area contributed by atoms with Gasteiger partial charge < -0.3 is 83.4 Å². The van der Waals surface area contributed by atoms with E-state index in [0.717, 1.165) is 121 Å². The Kier molecular flexibility index (Phi) is 46.0. The Morgan fingerprint density at radius 1 is 0.705 bits per heavy atom. The second-order valence-corrected chi connectivity index (χ2v) is 22.4. The van der Waals surface area contributed by atoms with Crippen LogP contribution in [0.15, 0.2) is 67.1 Å². The van der Waals surface area contributed by atoms with Gasteiger partial charge in [0.2, 0.25) is 6.54 Å². The normalized spacial score (nSPS) is 20.4. The predicted molar refractivity (Wildman–Crippen MR) is 330 cm³/mol. The molecular formula is C62H83BrCl3KN5NaO15.